The predicted octanol–water partition coefficient (Wildman–Crippen LogP) is 9.02. The third-order valence-electron chi connectivity index (χ3n) is 12.0. The summed E-state index contributed by atoms with van der Waals surface area (Å²) in [5.74, 6) is -0.339. The van der Waals surface area contributed by atoms with E-state index in [4.69, 9.17) is 37.7 Å². The Morgan fingerprint density at radius 3 is 2.61 bits per heavy atom. The van der Waals surface area contributed by atoms with Crippen molar-refractivity contribution in [3.05, 3.63) is 92.7 Å². The summed E-state index contributed by atoms with van der Waals surface area (Å²) in [4.78, 5) is 20.9. The van der Waals surface area contributed by atoms with Crippen molar-refractivity contribution in [1.29, 1.82) is 5.26 Å². The molecule has 0 radical (unpaired) electrons. The van der Waals surface area contributed by atoms with E-state index in [1.165, 1.54) is 7.11 Å². The molecule has 0 spiro atoms. The fraction of sp³-hybridized carbons (Fsp3) is 0.405. The average molecular weight is 771 g/mol. The number of likely N-dealkylation sites (tertiary alicyclic amines) is 1. The number of ether oxygens (including phenoxy) is 2. The molecule has 5 heterocycles. The second kappa shape index (κ2) is 13.8. The van der Waals surface area contributed by atoms with Gasteiger partial charge in [0, 0.05) is 76.7 Å². The van der Waals surface area contributed by atoms with Crippen LogP contribution in [-0.2, 0) is 22.6 Å². The van der Waals surface area contributed by atoms with Crippen molar-refractivity contribution >= 4 is 50.9 Å². The molecule has 3 saturated heterocycles. The number of fused-ring (bicyclic) bond motifs is 4. The average Bonchev–Trinajstić information content (AvgIpc) is 3.45. The zero-order valence-electron chi connectivity index (χ0n) is 30.0. The van der Waals surface area contributed by atoms with Gasteiger partial charge in [0.25, 0.3) is 0 Å². The maximum atomic E-state index is 17.2. The molecule has 5 atom stereocenters. The SMILES string of the molecule is COc1cccc(CO[C@H]2C[C@H](c3cc4c(C)nc5c(F)c(-c6cccc(Cl)c6Cl)c(CCC#N)cc5c4n3[C@H]3[C@H]4CN[C@@H]3C4)N(C(=O)C3CC3)C2)c1F. The number of halogens is 4. The quantitative estimate of drug-likeness (QED) is 0.153. The summed E-state index contributed by atoms with van der Waals surface area (Å²) < 4.78 is 46.2. The molecule has 5 aliphatic rings. The van der Waals surface area contributed by atoms with E-state index in [1.54, 1.807) is 36.4 Å². The van der Waals surface area contributed by atoms with Crippen LogP contribution >= 0.6 is 23.2 Å². The number of hydrogen-bond donors (Lipinski definition) is 1. The van der Waals surface area contributed by atoms with Gasteiger partial charge in [-0.3, -0.25) is 4.79 Å². The van der Waals surface area contributed by atoms with E-state index in [1.807, 2.05) is 17.9 Å². The molecule has 54 heavy (non-hydrogen) atoms. The van der Waals surface area contributed by atoms with Gasteiger partial charge in [0.15, 0.2) is 17.4 Å². The fourth-order valence-electron chi connectivity index (χ4n) is 9.14. The third kappa shape index (κ3) is 5.74. The monoisotopic (exact) mass is 769 g/mol. The number of amides is 1. The first kappa shape index (κ1) is 35.4. The molecule has 1 amide bonds. The Morgan fingerprint density at radius 1 is 1.07 bits per heavy atom. The molecule has 2 aromatic heterocycles. The van der Waals surface area contributed by atoms with Gasteiger partial charge < -0.3 is 24.3 Å². The maximum Gasteiger partial charge on any atom is 0.226 e. The third-order valence-corrected chi connectivity index (χ3v) is 12.8. The van der Waals surface area contributed by atoms with Gasteiger partial charge >= 0.3 is 0 Å². The number of nitriles is 1. The van der Waals surface area contributed by atoms with Crippen molar-refractivity contribution in [1.82, 2.24) is 19.8 Å². The summed E-state index contributed by atoms with van der Waals surface area (Å²) in [6.07, 6.45) is 3.45. The van der Waals surface area contributed by atoms with Crippen molar-refractivity contribution in [3.8, 4) is 22.9 Å². The van der Waals surface area contributed by atoms with Crippen LogP contribution in [0.3, 0.4) is 0 Å². The Labute approximate surface area is 321 Å². The Hall–Kier alpha value is -4.27. The zero-order valence-corrected chi connectivity index (χ0v) is 31.5. The van der Waals surface area contributed by atoms with Crippen LogP contribution in [0.5, 0.6) is 5.75 Å². The van der Waals surface area contributed by atoms with Crippen molar-refractivity contribution < 1.29 is 23.0 Å². The second-order valence-electron chi connectivity index (χ2n) is 15.2. The molecule has 3 aromatic carbocycles. The molecular formula is C42H39Cl2F2N5O3. The van der Waals surface area contributed by atoms with E-state index in [0.29, 0.717) is 63.7 Å². The van der Waals surface area contributed by atoms with E-state index < -0.39 is 11.6 Å². The lowest BCUT2D eigenvalue weighted by atomic mass is 9.79. The number of carbonyl (C=O) groups is 1. The number of nitrogens with one attached hydrogen (secondary N) is 1. The van der Waals surface area contributed by atoms with Crippen molar-refractivity contribution in [2.75, 3.05) is 20.2 Å². The van der Waals surface area contributed by atoms with E-state index in [0.717, 1.165) is 42.4 Å². The van der Waals surface area contributed by atoms with Gasteiger partial charge in [-0.15, -0.1) is 0 Å². The number of methoxy groups -OCH3 is 1. The highest BCUT2D eigenvalue weighted by Crippen LogP contribution is 2.51. The van der Waals surface area contributed by atoms with Gasteiger partial charge in [-0.2, -0.15) is 5.26 Å². The van der Waals surface area contributed by atoms with Crippen LogP contribution < -0.4 is 10.1 Å². The lowest BCUT2D eigenvalue weighted by molar-refractivity contribution is -0.134. The lowest BCUT2D eigenvalue weighted by Crippen LogP contribution is -2.41. The Balaban J connectivity index is 1.21. The van der Waals surface area contributed by atoms with Crippen LogP contribution in [0.1, 0.15) is 66.7 Å². The van der Waals surface area contributed by atoms with Crippen LogP contribution in [-0.4, -0.2) is 52.7 Å². The smallest absolute Gasteiger partial charge is 0.226 e. The second-order valence-corrected chi connectivity index (χ2v) is 15.9. The first-order valence-corrected chi connectivity index (χ1v) is 19.4. The fourth-order valence-corrected chi connectivity index (χ4v) is 9.53. The molecule has 0 unspecified atom stereocenters. The summed E-state index contributed by atoms with van der Waals surface area (Å²) in [5, 5.41) is 15.4. The Bertz CT molecular complexity index is 2380. The van der Waals surface area contributed by atoms with E-state index >= 15 is 8.78 Å². The minimum Gasteiger partial charge on any atom is -0.494 e. The number of benzene rings is 3. The highest BCUT2D eigenvalue weighted by atomic mass is 35.5. The first-order valence-electron chi connectivity index (χ1n) is 18.6. The maximum absolute atomic E-state index is 17.2. The van der Waals surface area contributed by atoms with Crippen LogP contribution in [0.25, 0.3) is 32.9 Å². The molecule has 1 N–H and O–H groups in total. The number of hydrogen-bond acceptors (Lipinski definition) is 6. The molecular weight excluding hydrogens is 731 g/mol. The van der Waals surface area contributed by atoms with Crippen molar-refractivity contribution in [2.24, 2.45) is 11.8 Å². The normalized spacial score (nSPS) is 23.3. The van der Waals surface area contributed by atoms with Gasteiger partial charge in [-0.1, -0.05) is 47.5 Å². The Kier molecular flexibility index (Phi) is 9.05. The molecule has 10 rings (SSSR count). The highest BCUT2D eigenvalue weighted by molar-refractivity contribution is 6.43. The number of carbonyl (C=O) groups excluding carboxylic acids is 1. The highest BCUT2D eigenvalue weighted by Gasteiger charge is 2.51. The molecule has 5 aromatic rings. The number of nitrogens with zero attached hydrogens (tertiary/aromatic N) is 4. The van der Waals surface area contributed by atoms with Crippen LogP contribution in [0.15, 0.2) is 48.5 Å². The molecule has 2 bridgehead atoms. The minimum absolute atomic E-state index is 0.0146. The van der Waals surface area contributed by atoms with Crippen molar-refractivity contribution in [3.63, 3.8) is 0 Å². The standard InChI is InChI=1S/C42H39Cl2F2N5O3/c1-21-28-17-33(32-16-26(19-50(32)42(52)22-11-12-22)54-20-24-6-3-10-34(53-2)37(24)45)51(40-25-15-31(40)48-18-25)41(28)29-14-23(7-5-13-47)35(38(46)39(29)49-21)27-8-4-9-30(43)36(27)44/h3-4,6,8-10,14,17,22,25-26,31-32,40,48H,5,7,11-12,15-16,18-20H2,1-2H3/t25-,26+,31-,32-,40+/m1/s1. The van der Waals surface area contributed by atoms with Gasteiger partial charge in [-0.25, -0.2) is 13.8 Å². The predicted molar refractivity (Wildman–Crippen MR) is 204 cm³/mol. The van der Waals surface area contributed by atoms with E-state index in [9.17, 15) is 10.1 Å². The molecule has 12 heteroatoms. The molecule has 8 nitrogen and oxygen atoms in total. The number of aromatic nitrogens is 2. The van der Waals surface area contributed by atoms with Crippen molar-refractivity contribution in [2.45, 2.75) is 76.3 Å². The summed E-state index contributed by atoms with van der Waals surface area (Å²) in [5.41, 5.74) is 4.52. The van der Waals surface area contributed by atoms with E-state index in [2.05, 4.69) is 22.0 Å². The summed E-state index contributed by atoms with van der Waals surface area (Å²) in [6.45, 7) is 3.21. The number of pyridine rings is 1. The minimum atomic E-state index is -0.511. The summed E-state index contributed by atoms with van der Waals surface area (Å²) in [6, 6.07) is 16.5. The van der Waals surface area contributed by atoms with Gasteiger partial charge in [0.2, 0.25) is 5.91 Å². The lowest BCUT2D eigenvalue weighted by Gasteiger charge is -2.39. The van der Waals surface area contributed by atoms with Crippen LogP contribution in [0.2, 0.25) is 10.0 Å². The number of aryl methyl sites for hydroxylation is 2. The summed E-state index contributed by atoms with van der Waals surface area (Å²) >= 11 is 13.1. The molecule has 2 saturated carbocycles. The van der Waals surface area contributed by atoms with E-state index in [-0.39, 0.29) is 65.4 Å². The summed E-state index contributed by atoms with van der Waals surface area (Å²) in [7, 11) is 1.44. The molecule has 3 aliphatic heterocycles. The number of rotatable bonds is 10. The molecule has 2 aliphatic carbocycles. The zero-order chi connectivity index (χ0) is 37.4. The largest absolute Gasteiger partial charge is 0.494 e. The molecule has 278 valence electrons. The Morgan fingerprint density at radius 2 is 1.89 bits per heavy atom. The first-order chi connectivity index (χ1) is 26.2. The topological polar surface area (TPSA) is 92.4 Å². The molecule has 5 fully saturated rings. The van der Waals surface area contributed by atoms with Gasteiger partial charge in [-0.05, 0) is 68.4 Å². The van der Waals surface area contributed by atoms with Gasteiger partial charge in [0.05, 0.1) is 53.5 Å². The van der Waals surface area contributed by atoms with Crippen LogP contribution in [0, 0.1) is 41.7 Å². The van der Waals surface area contributed by atoms with Gasteiger partial charge in [0.1, 0.15) is 5.52 Å². The van der Waals surface area contributed by atoms with Crippen LogP contribution in [0.4, 0.5) is 8.78 Å².